The van der Waals surface area contributed by atoms with E-state index in [4.69, 9.17) is 4.42 Å². The number of likely N-dealkylation sites (tertiary alicyclic amines) is 1. The first-order valence-electron chi connectivity index (χ1n) is 8.83. The van der Waals surface area contributed by atoms with Crippen molar-refractivity contribution in [2.45, 2.75) is 18.9 Å². The van der Waals surface area contributed by atoms with E-state index in [1.807, 2.05) is 30.3 Å². The molecule has 1 aliphatic heterocycles. The lowest BCUT2D eigenvalue weighted by atomic mass is 10.2. The molecule has 2 aromatic heterocycles. The molecule has 3 heterocycles. The molecule has 1 unspecified atom stereocenters. The predicted octanol–water partition coefficient (Wildman–Crippen LogP) is 4.52. The summed E-state index contributed by atoms with van der Waals surface area (Å²) < 4.78 is 5.86. The molecule has 4 rings (SSSR count). The third kappa shape index (κ3) is 3.50. The minimum atomic E-state index is 0.286. The van der Waals surface area contributed by atoms with Crippen LogP contribution < -0.4 is 5.32 Å². The SMILES string of the molecule is N#Cc1nc(-c2ccccc2)oc1NCC(c1cccs1)N1CCCC1. The maximum Gasteiger partial charge on any atom is 0.232 e. The fourth-order valence-corrected chi connectivity index (χ4v) is 4.21. The van der Waals surface area contributed by atoms with Crippen molar-refractivity contribution in [2.24, 2.45) is 0 Å². The summed E-state index contributed by atoms with van der Waals surface area (Å²) in [5.41, 5.74) is 1.17. The first kappa shape index (κ1) is 16.8. The maximum absolute atomic E-state index is 9.42. The Hall–Kier alpha value is -2.62. The van der Waals surface area contributed by atoms with Crippen LogP contribution in [0.15, 0.2) is 52.3 Å². The molecule has 1 aromatic carbocycles. The van der Waals surface area contributed by atoms with E-state index in [0.717, 1.165) is 18.7 Å². The Labute approximate surface area is 156 Å². The lowest BCUT2D eigenvalue weighted by molar-refractivity contribution is 0.258. The number of anilines is 1. The fraction of sp³-hybridized carbons (Fsp3) is 0.300. The van der Waals surface area contributed by atoms with E-state index in [0.29, 0.717) is 24.0 Å². The van der Waals surface area contributed by atoms with E-state index >= 15 is 0 Å². The second-order valence-electron chi connectivity index (χ2n) is 6.33. The molecule has 0 bridgehead atoms. The van der Waals surface area contributed by atoms with Crippen molar-refractivity contribution in [1.29, 1.82) is 5.26 Å². The van der Waals surface area contributed by atoms with Gasteiger partial charge in [-0.2, -0.15) is 10.2 Å². The first-order valence-corrected chi connectivity index (χ1v) is 9.71. The van der Waals surface area contributed by atoms with Gasteiger partial charge >= 0.3 is 0 Å². The third-order valence-electron chi connectivity index (χ3n) is 4.66. The van der Waals surface area contributed by atoms with Gasteiger partial charge in [0, 0.05) is 17.0 Å². The molecule has 1 N–H and O–H groups in total. The first-order chi connectivity index (χ1) is 12.8. The average Bonchev–Trinajstić information content (AvgIpc) is 3.45. The van der Waals surface area contributed by atoms with Gasteiger partial charge in [-0.25, -0.2) is 0 Å². The predicted molar refractivity (Wildman–Crippen MR) is 103 cm³/mol. The molecule has 5 nitrogen and oxygen atoms in total. The van der Waals surface area contributed by atoms with Crippen LogP contribution in [-0.4, -0.2) is 29.5 Å². The summed E-state index contributed by atoms with van der Waals surface area (Å²) in [5.74, 6) is 0.922. The number of nitrogens with zero attached hydrogens (tertiary/aromatic N) is 3. The molecule has 0 aliphatic carbocycles. The molecule has 132 valence electrons. The van der Waals surface area contributed by atoms with Crippen molar-refractivity contribution in [3.05, 3.63) is 58.4 Å². The lowest BCUT2D eigenvalue weighted by Gasteiger charge is -2.26. The highest BCUT2D eigenvalue weighted by molar-refractivity contribution is 7.10. The summed E-state index contributed by atoms with van der Waals surface area (Å²) >= 11 is 1.77. The van der Waals surface area contributed by atoms with Crippen LogP contribution >= 0.6 is 11.3 Å². The summed E-state index contributed by atoms with van der Waals surface area (Å²) in [4.78, 5) is 8.17. The summed E-state index contributed by atoms with van der Waals surface area (Å²) in [7, 11) is 0. The van der Waals surface area contributed by atoms with Crippen LogP contribution in [0, 0.1) is 11.3 Å². The van der Waals surface area contributed by atoms with Gasteiger partial charge in [0.25, 0.3) is 0 Å². The molecule has 3 aromatic rings. The van der Waals surface area contributed by atoms with E-state index in [2.05, 4.69) is 38.8 Å². The van der Waals surface area contributed by atoms with Crippen molar-refractivity contribution < 1.29 is 4.42 Å². The van der Waals surface area contributed by atoms with Crippen molar-refractivity contribution in [2.75, 3.05) is 25.0 Å². The zero-order valence-corrected chi connectivity index (χ0v) is 15.2. The van der Waals surface area contributed by atoms with Gasteiger partial charge in [0.05, 0.1) is 6.04 Å². The quantitative estimate of drug-likeness (QED) is 0.696. The smallest absolute Gasteiger partial charge is 0.232 e. The number of nitriles is 1. The molecule has 6 heteroatoms. The largest absolute Gasteiger partial charge is 0.419 e. The van der Waals surface area contributed by atoms with Gasteiger partial charge in [-0.05, 0) is 49.5 Å². The normalized spacial score (nSPS) is 15.7. The highest BCUT2D eigenvalue weighted by Crippen LogP contribution is 2.30. The minimum absolute atomic E-state index is 0.286. The van der Waals surface area contributed by atoms with Crippen molar-refractivity contribution >= 4 is 17.2 Å². The maximum atomic E-state index is 9.42. The van der Waals surface area contributed by atoms with E-state index in [1.54, 1.807) is 11.3 Å². The number of rotatable bonds is 6. The second-order valence-corrected chi connectivity index (χ2v) is 7.31. The number of oxazole rings is 1. The van der Waals surface area contributed by atoms with Gasteiger partial charge < -0.3 is 9.73 Å². The Kier molecular flexibility index (Phi) is 5.00. The summed E-state index contributed by atoms with van der Waals surface area (Å²) in [5, 5.41) is 14.9. The van der Waals surface area contributed by atoms with Crippen LogP contribution in [0.25, 0.3) is 11.5 Å². The molecule has 26 heavy (non-hydrogen) atoms. The fourth-order valence-electron chi connectivity index (χ4n) is 3.35. The molecular weight excluding hydrogens is 344 g/mol. The average molecular weight is 364 g/mol. The van der Waals surface area contributed by atoms with Gasteiger partial charge in [-0.15, -0.1) is 11.3 Å². The van der Waals surface area contributed by atoms with Gasteiger partial charge in [-0.3, -0.25) is 4.90 Å². The van der Waals surface area contributed by atoms with Crippen LogP contribution in [0.2, 0.25) is 0 Å². The van der Waals surface area contributed by atoms with Gasteiger partial charge in [0.2, 0.25) is 17.5 Å². The zero-order valence-electron chi connectivity index (χ0n) is 14.4. The van der Waals surface area contributed by atoms with Gasteiger partial charge in [-0.1, -0.05) is 24.3 Å². The second kappa shape index (κ2) is 7.73. The molecule has 1 atom stereocenters. The molecule has 1 fully saturated rings. The number of hydrogen-bond acceptors (Lipinski definition) is 6. The number of thiophene rings is 1. The Morgan fingerprint density at radius 3 is 2.69 bits per heavy atom. The Balaban J connectivity index is 1.54. The Morgan fingerprint density at radius 2 is 2.00 bits per heavy atom. The van der Waals surface area contributed by atoms with Crippen LogP contribution in [0.5, 0.6) is 0 Å². The number of nitrogens with one attached hydrogen (secondary N) is 1. The molecular formula is C20H20N4OS. The zero-order chi connectivity index (χ0) is 17.8. The standard InChI is InChI=1S/C20H20N4OS/c21-13-16-20(25-19(23-16)15-7-2-1-3-8-15)22-14-17(18-9-6-12-26-18)24-10-4-5-11-24/h1-3,6-9,12,17,22H,4-5,10-11,14H2. The highest BCUT2D eigenvalue weighted by atomic mass is 32.1. The van der Waals surface area contributed by atoms with Crippen molar-refractivity contribution in [3.63, 3.8) is 0 Å². The van der Waals surface area contributed by atoms with Gasteiger partial charge in [0.15, 0.2) is 0 Å². The van der Waals surface area contributed by atoms with Crippen LogP contribution in [0.3, 0.4) is 0 Å². The monoisotopic (exact) mass is 364 g/mol. The third-order valence-corrected chi connectivity index (χ3v) is 5.64. The molecule has 1 saturated heterocycles. The molecule has 0 amide bonds. The van der Waals surface area contributed by atoms with E-state index in [9.17, 15) is 5.26 Å². The minimum Gasteiger partial charge on any atom is -0.419 e. The van der Waals surface area contributed by atoms with Crippen LogP contribution in [0.1, 0.15) is 29.5 Å². The van der Waals surface area contributed by atoms with E-state index < -0.39 is 0 Å². The number of hydrogen-bond donors (Lipinski definition) is 1. The summed E-state index contributed by atoms with van der Waals surface area (Å²) in [6, 6.07) is 16.3. The van der Waals surface area contributed by atoms with E-state index in [-0.39, 0.29) is 6.04 Å². The molecule has 0 spiro atoms. The molecule has 0 saturated carbocycles. The van der Waals surface area contributed by atoms with Crippen LogP contribution in [-0.2, 0) is 0 Å². The Morgan fingerprint density at radius 1 is 1.19 bits per heavy atom. The van der Waals surface area contributed by atoms with E-state index in [1.165, 1.54) is 17.7 Å². The summed E-state index contributed by atoms with van der Waals surface area (Å²) in [6.07, 6.45) is 2.48. The number of aromatic nitrogens is 1. The molecule has 0 radical (unpaired) electrons. The summed E-state index contributed by atoms with van der Waals surface area (Å²) in [6.45, 7) is 2.92. The van der Waals surface area contributed by atoms with Crippen molar-refractivity contribution in [3.8, 4) is 17.5 Å². The highest BCUT2D eigenvalue weighted by Gasteiger charge is 2.25. The Bertz CT molecular complexity index is 876. The molecule has 1 aliphatic rings. The number of benzene rings is 1. The lowest BCUT2D eigenvalue weighted by Crippen LogP contribution is -2.30. The van der Waals surface area contributed by atoms with Gasteiger partial charge in [0.1, 0.15) is 6.07 Å². The van der Waals surface area contributed by atoms with Crippen molar-refractivity contribution in [1.82, 2.24) is 9.88 Å². The topological polar surface area (TPSA) is 65.1 Å². The van der Waals surface area contributed by atoms with Crippen LogP contribution in [0.4, 0.5) is 5.88 Å².